The predicted molar refractivity (Wildman–Crippen MR) is 146 cm³/mol. The molecule has 1 saturated heterocycles. The molecule has 39 heavy (non-hydrogen) atoms. The number of nitrogens with one attached hydrogen (secondary N) is 3. The van der Waals surface area contributed by atoms with E-state index in [1.54, 1.807) is 6.07 Å². The van der Waals surface area contributed by atoms with Gasteiger partial charge in [0.1, 0.15) is 11.4 Å². The van der Waals surface area contributed by atoms with Gasteiger partial charge in [-0.3, -0.25) is 5.10 Å². The summed E-state index contributed by atoms with van der Waals surface area (Å²) in [5.74, 6) is 0.343. The van der Waals surface area contributed by atoms with E-state index in [2.05, 4.69) is 25.8 Å². The van der Waals surface area contributed by atoms with Gasteiger partial charge < -0.3 is 20.3 Å². The van der Waals surface area contributed by atoms with Gasteiger partial charge in [0.25, 0.3) is 0 Å². The minimum atomic E-state index is -3.49. The molecule has 0 atom stereocenters. The summed E-state index contributed by atoms with van der Waals surface area (Å²) in [6.07, 6.45) is 3.74. The number of carbonyl (C=O) groups excluding carboxylic acids is 1. The number of sulfone groups is 1. The van der Waals surface area contributed by atoms with E-state index in [0.29, 0.717) is 48.5 Å². The number of H-pyrrole nitrogens is 1. The number of alkyl carbamates (subject to hydrolysis) is 1. The number of halogens is 1. The van der Waals surface area contributed by atoms with E-state index < -0.39 is 32.9 Å². The van der Waals surface area contributed by atoms with Crippen LogP contribution in [0.4, 0.5) is 26.8 Å². The molecular weight excluding hydrogens is 525 g/mol. The number of hydrogen-bond acceptors (Lipinski definition) is 9. The Morgan fingerprint density at radius 1 is 1.18 bits per heavy atom. The van der Waals surface area contributed by atoms with E-state index in [0.717, 1.165) is 19.1 Å². The summed E-state index contributed by atoms with van der Waals surface area (Å²) in [4.78, 5) is 23.8. The van der Waals surface area contributed by atoms with Crippen molar-refractivity contribution in [3.05, 3.63) is 29.7 Å². The van der Waals surface area contributed by atoms with Crippen molar-refractivity contribution in [1.29, 1.82) is 0 Å². The molecular formula is C26H34FN7O4S. The highest BCUT2D eigenvalue weighted by molar-refractivity contribution is 7.90. The van der Waals surface area contributed by atoms with Crippen LogP contribution < -0.4 is 15.5 Å². The summed E-state index contributed by atoms with van der Waals surface area (Å²) in [6, 6.07) is 4.61. The fourth-order valence-electron chi connectivity index (χ4n) is 4.62. The molecule has 13 heteroatoms. The first-order valence-corrected chi connectivity index (χ1v) is 14.9. The van der Waals surface area contributed by atoms with E-state index in [-0.39, 0.29) is 22.4 Å². The van der Waals surface area contributed by atoms with Gasteiger partial charge in [0.15, 0.2) is 21.5 Å². The average Bonchev–Trinajstić information content (AvgIpc) is 3.60. The van der Waals surface area contributed by atoms with Gasteiger partial charge >= 0.3 is 6.09 Å². The Morgan fingerprint density at radius 3 is 2.49 bits per heavy atom. The molecule has 3 heterocycles. The van der Waals surface area contributed by atoms with E-state index >= 15 is 4.39 Å². The summed E-state index contributed by atoms with van der Waals surface area (Å²) < 4.78 is 45.0. The molecule has 1 aliphatic heterocycles. The number of amides is 1. The smallest absolute Gasteiger partial charge is 0.408 e. The lowest BCUT2D eigenvalue weighted by Crippen LogP contribution is -2.54. The van der Waals surface area contributed by atoms with Crippen LogP contribution in [0.2, 0.25) is 0 Å². The third kappa shape index (κ3) is 6.07. The predicted octanol–water partition coefficient (Wildman–Crippen LogP) is 4.40. The minimum absolute atomic E-state index is 0.000360. The van der Waals surface area contributed by atoms with Crippen LogP contribution in [0.3, 0.4) is 0 Å². The highest BCUT2D eigenvalue weighted by Crippen LogP contribution is 2.42. The maximum atomic E-state index is 15.1. The SMILES string of the molecule is CC1(NC(=O)OC(C)(C)C)CCN(c2nc(Nc3n[nH]c(C4CC4)c3F)c3cc(S(C)(=O)=O)ccc3n2)CC1. The van der Waals surface area contributed by atoms with E-state index in [4.69, 9.17) is 9.72 Å². The average molecular weight is 560 g/mol. The van der Waals surface area contributed by atoms with E-state index in [9.17, 15) is 13.2 Å². The van der Waals surface area contributed by atoms with Gasteiger partial charge in [0, 0.05) is 36.2 Å². The summed E-state index contributed by atoms with van der Waals surface area (Å²) in [5.41, 5.74) is -0.0826. The zero-order valence-electron chi connectivity index (χ0n) is 22.8. The van der Waals surface area contributed by atoms with Crippen molar-refractivity contribution < 1.29 is 22.3 Å². The molecule has 0 spiro atoms. The second-order valence-corrected chi connectivity index (χ2v) is 13.7. The second-order valence-electron chi connectivity index (χ2n) is 11.7. The fraction of sp³-hybridized carbons (Fsp3) is 0.538. The van der Waals surface area contributed by atoms with E-state index in [1.807, 2.05) is 32.6 Å². The lowest BCUT2D eigenvalue weighted by molar-refractivity contribution is 0.0448. The molecule has 2 aliphatic rings. The van der Waals surface area contributed by atoms with Crippen LogP contribution in [0.25, 0.3) is 10.9 Å². The maximum Gasteiger partial charge on any atom is 0.408 e. The lowest BCUT2D eigenvalue weighted by Gasteiger charge is -2.40. The zero-order valence-corrected chi connectivity index (χ0v) is 23.6. The quantitative estimate of drug-likeness (QED) is 0.400. The number of carbonyl (C=O) groups is 1. The molecule has 3 aromatic rings. The van der Waals surface area contributed by atoms with Gasteiger partial charge in [-0.2, -0.15) is 10.1 Å². The molecule has 0 unspecified atom stereocenters. The monoisotopic (exact) mass is 559 g/mol. The summed E-state index contributed by atoms with van der Waals surface area (Å²) in [7, 11) is -3.49. The molecule has 1 amide bonds. The van der Waals surface area contributed by atoms with Crippen LogP contribution >= 0.6 is 0 Å². The highest BCUT2D eigenvalue weighted by Gasteiger charge is 2.34. The molecule has 1 aliphatic carbocycles. The standard InChI is InChI=1S/C26H34FN7O4S/c1-25(2,3)38-24(35)31-26(4)10-12-34(13-11-26)23-28-18-9-8-16(39(5,36)37)14-17(18)21(30-23)29-22-19(27)20(32-33-22)15-6-7-15/h8-9,14-15H,6-7,10-13H2,1-5H3,(H,31,35)(H2,28,29,30,32,33). The molecule has 0 radical (unpaired) electrons. The first-order valence-electron chi connectivity index (χ1n) is 13.0. The van der Waals surface area contributed by atoms with Crippen LogP contribution in [-0.4, -0.2) is 65.2 Å². The van der Waals surface area contributed by atoms with E-state index in [1.165, 1.54) is 12.1 Å². The second kappa shape index (κ2) is 9.61. The van der Waals surface area contributed by atoms with Gasteiger partial charge in [-0.25, -0.2) is 22.6 Å². The van der Waals surface area contributed by atoms with Crippen LogP contribution in [-0.2, 0) is 14.6 Å². The molecule has 1 saturated carbocycles. The number of aromatic amines is 1. The number of benzene rings is 1. The zero-order chi connectivity index (χ0) is 28.2. The Hall–Kier alpha value is -3.48. The Kier molecular flexibility index (Phi) is 6.68. The number of nitrogens with zero attached hydrogens (tertiary/aromatic N) is 4. The number of ether oxygens (including phenoxy) is 1. The van der Waals surface area contributed by atoms with Crippen molar-refractivity contribution in [2.24, 2.45) is 0 Å². The normalized spacial score (nSPS) is 17.7. The molecule has 210 valence electrons. The molecule has 11 nitrogen and oxygen atoms in total. The number of fused-ring (bicyclic) bond motifs is 1. The molecule has 2 aromatic heterocycles. The van der Waals surface area contributed by atoms with Crippen molar-refractivity contribution in [1.82, 2.24) is 25.5 Å². The molecule has 3 N–H and O–H groups in total. The molecule has 5 rings (SSSR count). The van der Waals surface area contributed by atoms with Crippen LogP contribution in [0, 0.1) is 5.82 Å². The Balaban J connectivity index is 1.43. The molecule has 0 bridgehead atoms. The number of rotatable bonds is 6. The van der Waals surface area contributed by atoms with Crippen LogP contribution in [0.15, 0.2) is 23.1 Å². The Labute approximate surface area is 226 Å². The van der Waals surface area contributed by atoms with Crippen molar-refractivity contribution >= 4 is 44.4 Å². The maximum absolute atomic E-state index is 15.1. The highest BCUT2D eigenvalue weighted by atomic mass is 32.2. The minimum Gasteiger partial charge on any atom is -0.444 e. The van der Waals surface area contributed by atoms with Crippen molar-refractivity contribution in [3.63, 3.8) is 0 Å². The first kappa shape index (κ1) is 27.1. The van der Waals surface area contributed by atoms with Crippen LogP contribution in [0.1, 0.15) is 65.0 Å². The molecule has 1 aromatic carbocycles. The third-order valence-corrected chi connectivity index (χ3v) is 8.10. The summed E-state index contributed by atoms with van der Waals surface area (Å²) >= 11 is 0. The fourth-order valence-corrected chi connectivity index (χ4v) is 5.26. The topological polar surface area (TPSA) is 142 Å². The number of piperidine rings is 1. The van der Waals surface area contributed by atoms with Gasteiger partial charge in [-0.15, -0.1) is 0 Å². The first-order chi connectivity index (χ1) is 18.2. The Bertz CT molecular complexity index is 1520. The van der Waals surface area contributed by atoms with Gasteiger partial charge in [-0.1, -0.05) is 0 Å². The van der Waals surface area contributed by atoms with Crippen LogP contribution in [0.5, 0.6) is 0 Å². The Morgan fingerprint density at radius 2 is 1.87 bits per heavy atom. The van der Waals surface area contributed by atoms with Crippen molar-refractivity contribution in [2.45, 2.75) is 75.3 Å². The number of aromatic nitrogens is 4. The largest absolute Gasteiger partial charge is 0.444 e. The molecule has 2 fully saturated rings. The van der Waals surface area contributed by atoms with Gasteiger partial charge in [0.05, 0.1) is 16.1 Å². The van der Waals surface area contributed by atoms with Crippen molar-refractivity contribution in [3.8, 4) is 0 Å². The summed E-state index contributed by atoms with van der Waals surface area (Å²) in [6.45, 7) is 8.55. The number of anilines is 3. The van der Waals surface area contributed by atoms with Crippen molar-refractivity contribution in [2.75, 3.05) is 29.6 Å². The van der Waals surface area contributed by atoms with Gasteiger partial charge in [-0.05, 0) is 71.6 Å². The lowest BCUT2D eigenvalue weighted by atomic mass is 9.90. The third-order valence-electron chi connectivity index (χ3n) is 6.99. The summed E-state index contributed by atoms with van der Waals surface area (Å²) in [5, 5.41) is 13.3. The number of hydrogen-bond donors (Lipinski definition) is 3. The van der Waals surface area contributed by atoms with Gasteiger partial charge in [0.2, 0.25) is 5.95 Å².